The maximum Gasteiger partial charge on any atom is 0.323 e. The Hall–Kier alpha value is -1.36. The maximum atomic E-state index is 12.1. The summed E-state index contributed by atoms with van der Waals surface area (Å²) in [5, 5.41) is 8.82. The number of amides is 1. The minimum Gasteiger partial charge on any atom is -0.480 e. The second kappa shape index (κ2) is 4.87. The fourth-order valence-electron chi connectivity index (χ4n) is 2.15. The summed E-state index contributed by atoms with van der Waals surface area (Å²) in [6.07, 6.45) is 6.42. The topological polar surface area (TPSA) is 83.6 Å². The number of carbonyl (C=O) groups is 2. The highest BCUT2D eigenvalue weighted by molar-refractivity contribution is 5.84. The van der Waals surface area contributed by atoms with E-state index in [-0.39, 0.29) is 24.4 Å². The van der Waals surface area contributed by atoms with Gasteiger partial charge in [0.1, 0.15) is 6.54 Å². The molecule has 5 nitrogen and oxygen atoms in total. The number of carbonyl (C=O) groups excluding carboxylic acids is 1. The molecule has 2 aliphatic carbocycles. The first-order valence-electron chi connectivity index (χ1n) is 6.00. The average molecular weight is 238 g/mol. The highest BCUT2D eigenvalue weighted by atomic mass is 16.4. The molecule has 0 saturated heterocycles. The average Bonchev–Trinajstić information content (AvgIpc) is 2.96. The SMILES string of the molecule is NC1C=CC(C(=O)N(CC(=O)O)CC2CC2)C1. The van der Waals surface area contributed by atoms with Crippen LogP contribution in [-0.2, 0) is 9.59 Å². The summed E-state index contributed by atoms with van der Waals surface area (Å²) in [6, 6.07) is -0.0726. The number of aliphatic carboxylic acids is 1. The minimum atomic E-state index is -0.953. The van der Waals surface area contributed by atoms with Gasteiger partial charge in [-0.3, -0.25) is 9.59 Å². The van der Waals surface area contributed by atoms with Crippen LogP contribution < -0.4 is 5.73 Å². The van der Waals surface area contributed by atoms with Crippen LogP contribution in [0.5, 0.6) is 0 Å². The highest BCUT2D eigenvalue weighted by Crippen LogP contribution is 2.30. The predicted octanol–water partition coefficient (Wildman–Crippen LogP) is 0.213. The van der Waals surface area contributed by atoms with Crippen molar-refractivity contribution in [3.05, 3.63) is 12.2 Å². The molecule has 0 spiro atoms. The molecule has 1 amide bonds. The largest absolute Gasteiger partial charge is 0.480 e. The summed E-state index contributed by atoms with van der Waals surface area (Å²) in [5.41, 5.74) is 5.70. The number of hydrogen-bond acceptors (Lipinski definition) is 3. The molecule has 0 aliphatic heterocycles. The molecule has 5 heteroatoms. The molecule has 2 aliphatic rings. The molecule has 0 radical (unpaired) electrons. The molecule has 94 valence electrons. The van der Waals surface area contributed by atoms with Gasteiger partial charge in [-0.2, -0.15) is 0 Å². The molecule has 0 aromatic carbocycles. The normalized spacial score (nSPS) is 27.1. The lowest BCUT2D eigenvalue weighted by Gasteiger charge is -2.23. The van der Waals surface area contributed by atoms with Crippen LogP contribution >= 0.6 is 0 Å². The van der Waals surface area contributed by atoms with Gasteiger partial charge in [-0.15, -0.1) is 0 Å². The van der Waals surface area contributed by atoms with Crippen molar-refractivity contribution in [3.8, 4) is 0 Å². The number of hydrogen-bond donors (Lipinski definition) is 2. The Kier molecular flexibility index (Phi) is 3.47. The zero-order valence-electron chi connectivity index (χ0n) is 9.71. The van der Waals surface area contributed by atoms with Gasteiger partial charge < -0.3 is 15.7 Å². The van der Waals surface area contributed by atoms with E-state index in [0.717, 1.165) is 12.8 Å². The van der Waals surface area contributed by atoms with Crippen LogP contribution in [0.1, 0.15) is 19.3 Å². The zero-order valence-corrected chi connectivity index (χ0v) is 9.71. The van der Waals surface area contributed by atoms with Gasteiger partial charge in [-0.05, 0) is 25.2 Å². The van der Waals surface area contributed by atoms with E-state index >= 15 is 0 Å². The smallest absolute Gasteiger partial charge is 0.323 e. The maximum absolute atomic E-state index is 12.1. The van der Waals surface area contributed by atoms with Crippen molar-refractivity contribution in [1.82, 2.24) is 4.90 Å². The van der Waals surface area contributed by atoms with Gasteiger partial charge in [0.05, 0.1) is 5.92 Å². The lowest BCUT2D eigenvalue weighted by Crippen LogP contribution is -2.40. The highest BCUT2D eigenvalue weighted by Gasteiger charge is 2.32. The van der Waals surface area contributed by atoms with Crippen molar-refractivity contribution in [1.29, 1.82) is 0 Å². The van der Waals surface area contributed by atoms with Crippen molar-refractivity contribution in [2.45, 2.75) is 25.3 Å². The first-order chi connectivity index (χ1) is 8.06. The number of nitrogens with two attached hydrogens (primary N) is 1. The van der Waals surface area contributed by atoms with Crippen molar-refractivity contribution in [3.63, 3.8) is 0 Å². The van der Waals surface area contributed by atoms with Crippen LogP contribution in [0.15, 0.2) is 12.2 Å². The Morgan fingerprint density at radius 2 is 2.06 bits per heavy atom. The second-order valence-corrected chi connectivity index (χ2v) is 4.95. The Bertz CT molecular complexity index is 350. The van der Waals surface area contributed by atoms with Gasteiger partial charge in [-0.25, -0.2) is 0 Å². The monoisotopic (exact) mass is 238 g/mol. The lowest BCUT2D eigenvalue weighted by molar-refractivity contribution is -0.145. The summed E-state index contributed by atoms with van der Waals surface area (Å²) in [7, 11) is 0. The molecule has 2 unspecified atom stereocenters. The zero-order chi connectivity index (χ0) is 12.4. The van der Waals surface area contributed by atoms with Crippen LogP contribution in [0, 0.1) is 11.8 Å². The number of rotatable bonds is 5. The van der Waals surface area contributed by atoms with Crippen LogP contribution in [-0.4, -0.2) is 41.0 Å². The molecule has 17 heavy (non-hydrogen) atoms. The summed E-state index contributed by atoms with van der Waals surface area (Å²) in [5.74, 6) is -0.783. The minimum absolute atomic E-state index is 0.0726. The molecular formula is C12H18N2O3. The van der Waals surface area contributed by atoms with Gasteiger partial charge in [-0.1, -0.05) is 12.2 Å². The molecule has 0 bridgehead atoms. The standard InChI is InChI=1S/C12H18N2O3/c13-10-4-3-9(5-10)12(17)14(7-11(15)16)6-8-1-2-8/h3-4,8-10H,1-2,5-7,13H2,(H,15,16). The fraction of sp³-hybridized carbons (Fsp3) is 0.667. The van der Waals surface area contributed by atoms with E-state index in [1.807, 2.05) is 6.08 Å². The Morgan fingerprint density at radius 3 is 2.53 bits per heavy atom. The van der Waals surface area contributed by atoms with Gasteiger partial charge >= 0.3 is 5.97 Å². The van der Waals surface area contributed by atoms with E-state index in [0.29, 0.717) is 18.9 Å². The van der Waals surface area contributed by atoms with Crippen LogP contribution in [0.25, 0.3) is 0 Å². The second-order valence-electron chi connectivity index (χ2n) is 4.95. The quantitative estimate of drug-likeness (QED) is 0.671. The molecule has 0 heterocycles. The van der Waals surface area contributed by atoms with Gasteiger partial charge in [0.2, 0.25) is 5.91 Å². The Morgan fingerprint density at radius 1 is 1.35 bits per heavy atom. The molecule has 2 atom stereocenters. The summed E-state index contributed by atoms with van der Waals surface area (Å²) >= 11 is 0. The first-order valence-corrected chi connectivity index (χ1v) is 6.00. The van der Waals surface area contributed by atoms with Gasteiger partial charge in [0, 0.05) is 12.6 Å². The molecule has 3 N–H and O–H groups in total. The van der Waals surface area contributed by atoms with Gasteiger partial charge in [0.15, 0.2) is 0 Å². The van der Waals surface area contributed by atoms with Crippen LogP contribution in [0.3, 0.4) is 0 Å². The summed E-state index contributed by atoms with van der Waals surface area (Å²) in [4.78, 5) is 24.4. The third-order valence-corrected chi connectivity index (χ3v) is 3.25. The third kappa shape index (κ3) is 3.30. The van der Waals surface area contributed by atoms with Crippen LogP contribution in [0.2, 0.25) is 0 Å². The Balaban J connectivity index is 1.95. The molecule has 0 aromatic heterocycles. The lowest BCUT2D eigenvalue weighted by atomic mass is 10.1. The number of nitrogens with zero attached hydrogens (tertiary/aromatic N) is 1. The fourth-order valence-corrected chi connectivity index (χ4v) is 2.15. The summed E-state index contributed by atoms with van der Waals surface area (Å²) in [6.45, 7) is 0.375. The Labute approximate surface area is 100 Å². The van der Waals surface area contributed by atoms with Crippen molar-refractivity contribution >= 4 is 11.9 Å². The van der Waals surface area contributed by atoms with Crippen LogP contribution in [0.4, 0.5) is 0 Å². The molecule has 1 saturated carbocycles. The first kappa shape index (κ1) is 12.1. The molecule has 2 rings (SSSR count). The van der Waals surface area contributed by atoms with Crippen molar-refractivity contribution in [2.24, 2.45) is 17.6 Å². The van der Waals surface area contributed by atoms with E-state index in [2.05, 4.69) is 0 Å². The van der Waals surface area contributed by atoms with E-state index in [1.54, 1.807) is 6.08 Å². The molecular weight excluding hydrogens is 220 g/mol. The van der Waals surface area contributed by atoms with Crippen molar-refractivity contribution < 1.29 is 14.7 Å². The van der Waals surface area contributed by atoms with Gasteiger partial charge in [0.25, 0.3) is 0 Å². The molecule has 0 aromatic rings. The number of carboxylic acid groups (broad SMARTS) is 1. The van der Waals surface area contributed by atoms with Crippen molar-refractivity contribution in [2.75, 3.05) is 13.1 Å². The summed E-state index contributed by atoms with van der Waals surface area (Å²) < 4.78 is 0. The predicted molar refractivity (Wildman–Crippen MR) is 62.2 cm³/mol. The van der Waals surface area contributed by atoms with E-state index in [9.17, 15) is 9.59 Å². The third-order valence-electron chi connectivity index (χ3n) is 3.25. The molecule has 1 fully saturated rings. The van der Waals surface area contributed by atoms with E-state index in [4.69, 9.17) is 10.8 Å². The van der Waals surface area contributed by atoms with E-state index in [1.165, 1.54) is 4.90 Å². The number of carboxylic acids is 1. The van der Waals surface area contributed by atoms with E-state index < -0.39 is 5.97 Å².